The van der Waals surface area contributed by atoms with Crippen LogP contribution in [0.4, 0.5) is 5.82 Å². The number of ether oxygens (including phenoxy) is 2. The predicted octanol–water partition coefficient (Wildman–Crippen LogP) is 4.01. The first kappa shape index (κ1) is 18.7. The number of nitrogens with zero attached hydrogens (tertiary/aromatic N) is 2. The minimum Gasteiger partial charge on any atom is -0.478 e. The van der Waals surface area contributed by atoms with Crippen LogP contribution >= 0.6 is 0 Å². The number of hydrogen-bond donors (Lipinski definition) is 1. The summed E-state index contributed by atoms with van der Waals surface area (Å²) < 4.78 is 11.3. The maximum atomic E-state index is 5.72. The Morgan fingerprint density at radius 2 is 1.86 bits per heavy atom. The van der Waals surface area contributed by atoms with Gasteiger partial charge in [-0.05, 0) is 26.7 Å². The van der Waals surface area contributed by atoms with E-state index in [2.05, 4.69) is 36.1 Å². The fourth-order valence-corrected chi connectivity index (χ4v) is 1.79. The molecule has 0 saturated carbocycles. The largest absolute Gasteiger partial charge is 0.478 e. The van der Waals surface area contributed by atoms with Crippen molar-refractivity contribution in [2.75, 3.05) is 25.1 Å². The first-order valence-corrected chi connectivity index (χ1v) is 8.40. The standard InChI is InChI=1S/C17H31N3O2/c1-6-7-10-22-16-12-15(19-17(20-16)13(2)3)18-9-8-11-21-14(4)5/h12-14H,6-11H2,1-5H3,(H,18,19,20). The smallest absolute Gasteiger partial charge is 0.218 e. The summed E-state index contributed by atoms with van der Waals surface area (Å²) in [6.45, 7) is 12.7. The zero-order chi connectivity index (χ0) is 16.4. The molecule has 0 aliphatic rings. The molecule has 126 valence electrons. The van der Waals surface area contributed by atoms with Crippen LogP contribution < -0.4 is 10.1 Å². The van der Waals surface area contributed by atoms with E-state index in [9.17, 15) is 0 Å². The molecule has 0 fully saturated rings. The molecule has 1 rings (SSSR count). The predicted molar refractivity (Wildman–Crippen MR) is 90.7 cm³/mol. The van der Waals surface area contributed by atoms with Crippen molar-refractivity contribution < 1.29 is 9.47 Å². The molecule has 0 atom stereocenters. The van der Waals surface area contributed by atoms with Crippen molar-refractivity contribution in [1.82, 2.24) is 9.97 Å². The number of nitrogens with one attached hydrogen (secondary N) is 1. The summed E-state index contributed by atoms with van der Waals surface area (Å²) in [6.07, 6.45) is 3.38. The molecule has 1 N–H and O–H groups in total. The lowest BCUT2D eigenvalue weighted by Crippen LogP contribution is -2.12. The van der Waals surface area contributed by atoms with E-state index in [0.29, 0.717) is 12.5 Å². The van der Waals surface area contributed by atoms with E-state index in [4.69, 9.17) is 9.47 Å². The molecule has 5 heteroatoms. The van der Waals surface area contributed by atoms with E-state index < -0.39 is 0 Å². The van der Waals surface area contributed by atoms with Crippen molar-refractivity contribution in [3.63, 3.8) is 0 Å². The van der Waals surface area contributed by atoms with Crippen LogP contribution in [-0.2, 0) is 4.74 Å². The third-order valence-electron chi connectivity index (χ3n) is 3.06. The van der Waals surface area contributed by atoms with Gasteiger partial charge < -0.3 is 14.8 Å². The molecule has 1 aromatic heterocycles. The van der Waals surface area contributed by atoms with Gasteiger partial charge in [0.25, 0.3) is 0 Å². The van der Waals surface area contributed by atoms with Crippen LogP contribution in [0.5, 0.6) is 5.88 Å². The first-order chi connectivity index (χ1) is 10.5. The summed E-state index contributed by atoms with van der Waals surface area (Å²) in [5.74, 6) is 2.58. The van der Waals surface area contributed by atoms with Crippen molar-refractivity contribution in [2.24, 2.45) is 0 Å². The Morgan fingerprint density at radius 3 is 2.50 bits per heavy atom. The van der Waals surface area contributed by atoms with Crippen molar-refractivity contribution in [2.45, 2.75) is 65.9 Å². The van der Waals surface area contributed by atoms with E-state index in [1.54, 1.807) is 0 Å². The summed E-state index contributed by atoms with van der Waals surface area (Å²) >= 11 is 0. The quantitative estimate of drug-likeness (QED) is 0.626. The third-order valence-corrected chi connectivity index (χ3v) is 3.06. The monoisotopic (exact) mass is 309 g/mol. The Labute approximate surface area is 134 Å². The van der Waals surface area contributed by atoms with Crippen LogP contribution in [-0.4, -0.2) is 35.8 Å². The van der Waals surface area contributed by atoms with Crippen LogP contribution in [0.1, 0.15) is 65.6 Å². The Balaban J connectivity index is 2.56. The third kappa shape index (κ3) is 7.59. The molecular weight excluding hydrogens is 278 g/mol. The lowest BCUT2D eigenvalue weighted by atomic mass is 10.2. The lowest BCUT2D eigenvalue weighted by molar-refractivity contribution is 0.0787. The summed E-state index contributed by atoms with van der Waals surface area (Å²) in [5.41, 5.74) is 0. The Morgan fingerprint density at radius 1 is 1.09 bits per heavy atom. The summed E-state index contributed by atoms with van der Waals surface area (Å²) in [4.78, 5) is 9.03. The number of anilines is 1. The second-order valence-electron chi connectivity index (χ2n) is 6.01. The Kier molecular flexibility index (Phi) is 8.82. The number of aromatic nitrogens is 2. The molecule has 0 saturated heterocycles. The molecule has 1 heterocycles. The molecule has 0 aliphatic carbocycles. The minimum absolute atomic E-state index is 0.277. The average Bonchev–Trinajstić information content (AvgIpc) is 2.46. The lowest BCUT2D eigenvalue weighted by Gasteiger charge is -2.13. The van der Waals surface area contributed by atoms with Crippen LogP contribution in [0.2, 0.25) is 0 Å². The highest BCUT2D eigenvalue weighted by Gasteiger charge is 2.09. The molecule has 0 aliphatic heterocycles. The highest BCUT2D eigenvalue weighted by atomic mass is 16.5. The van der Waals surface area contributed by atoms with Gasteiger partial charge >= 0.3 is 0 Å². The normalized spacial score (nSPS) is 11.2. The summed E-state index contributed by atoms with van der Waals surface area (Å²) in [5, 5.41) is 3.33. The fourth-order valence-electron chi connectivity index (χ4n) is 1.79. The Bertz CT molecular complexity index is 422. The van der Waals surface area contributed by atoms with Gasteiger partial charge in [0.05, 0.1) is 12.7 Å². The molecule has 0 aromatic carbocycles. The van der Waals surface area contributed by atoms with Crippen LogP contribution in [0.15, 0.2) is 6.07 Å². The van der Waals surface area contributed by atoms with Gasteiger partial charge in [-0.3, -0.25) is 0 Å². The van der Waals surface area contributed by atoms with E-state index in [1.165, 1.54) is 0 Å². The van der Waals surface area contributed by atoms with Gasteiger partial charge in [-0.25, -0.2) is 4.98 Å². The molecule has 1 aromatic rings. The second kappa shape index (κ2) is 10.4. The molecule has 5 nitrogen and oxygen atoms in total. The zero-order valence-corrected chi connectivity index (χ0v) is 14.7. The Hall–Kier alpha value is -1.36. The number of hydrogen-bond acceptors (Lipinski definition) is 5. The minimum atomic E-state index is 0.277. The topological polar surface area (TPSA) is 56.3 Å². The SMILES string of the molecule is CCCCOc1cc(NCCCOC(C)C)nc(C(C)C)n1. The molecule has 0 bridgehead atoms. The van der Waals surface area contributed by atoms with Gasteiger partial charge in [0.15, 0.2) is 0 Å². The average molecular weight is 309 g/mol. The van der Waals surface area contributed by atoms with Crippen molar-refractivity contribution in [1.29, 1.82) is 0 Å². The van der Waals surface area contributed by atoms with Crippen LogP contribution in [0.3, 0.4) is 0 Å². The highest BCUT2D eigenvalue weighted by Crippen LogP contribution is 2.18. The summed E-state index contributed by atoms with van der Waals surface area (Å²) in [7, 11) is 0. The van der Waals surface area contributed by atoms with E-state index in [-0.39, 0.29) is 12.0 Å². The van der Waals surface area contributed by atoms with E-state index in [0.717, 1.165) is 44.1 Å². The molecule has 0 amide bonds. The zero-order valence-electron chi connectivity index (χ0n) is 14.7. The number of rotatable bonds is 11. The van der Waals surface area contributed by atoms with E-state index >= 15 is 0 Å². The van der Waals surface area contributed by atoms with Crippen LogP contribution in [0.25, 0.3) is 0 Å². The van der Waals surface area contributed by atoms with Crippen molar-refractivity contribution >= 4 is 5.82 Å². The van der Waals surface area contributed by atoms with Gasteiger partial charge in [-0.15, -0.1) is 0 Å². The molecular formula is C17H31N3O2. The molecule has 0 unspecified atom stereocenters. The van der Waals surface area contributed by atoms with Gasteiger partial charge in [0.1, 0.15) is 11.6 Å². The van der Waals surface area contributed by atoms with Crippen LogP contribution in [0, 0.1) is 0 Å². The summed E-state index contributed by atoms with van der Waals surface area (Å²) in [6, 6.07) is 1.88. The van der Waals surface area contributed by atoms with Gasteiger partial charge in [-0.1, -0.05) is 27.2 Å². The molecule has 0 radical (unpaired) electrons. The van der Waals surface area contributed by atoms with Gasteiger partial charge in [0, 0.05) is 25.1 Å². The second-order valence-corrected chi connectivity index (χ2v) is 6.01. The maximum absolute atomic E-state index is 5.72. The van der Waals surface area contributed by atoms with Crippen molar-refractivity contribution in [3.8, 4) is 5.88 Å². The van der Waals surface area contributed by atoms with Crippen molar-refractivity contribution in [3.05, 3.63) is 11.9 Å². The van der Waals surface area contributed by atoms with Gasteiger partial charge in [-0.2, -0.15) is 4.98 Å². The molecule has 0 spiro atoms. The number of unbranched alkanes of at least 4 members (excludes halogenated alkanes) is 1. The van der Waals surface area contributed by atoms with Gasteiger partial charge in [0.2, 0.25) is 5.88 Å². The van der Waals surface area contributed by atoms with E-state index in [1.807, 2.05) is 19.9 Å². The first-order valence-electron chi connectivity index (χ1n) is 8.40. The maximum Gasteiger partial charge on any atom is 0.218 e. The highest BCUT2D eigenvalue weighted by molar-refractivity contribution is 5.38. The fraction of sp³-hybridized carbons (Fsp3) is 0.765. The molecule has 22 heavy (non-hydrogen) atoms.